The van der Waals surface area contributed by atoms with Crippen LogP contribution in [0.1, 0.15) is 31.4 Å². The molecule has 0 aliphatic heterocycles. The van der Waals surface area contributed by atoms with E-state index in [1.807, 2.05) is 12.1 Å². The quantitative estimate of drug-likeness (QED) is 0.668. The van der Waals surface area contributed by atoms with Crippen LogP contribution in [0.2, 0.25) is 0 Å². The Morgan fingerprint density at radius 3 is 2.65 bits per heavy atom. The fourth-order valence-electron chi connectivity index (χ4n) is 1.48. The van der Waals surface area contributed by atoms with Crippen LogP contribution in [-0.2, 0) is 9.47 Å². The Hall–Kier alpha value is -0.970. The molecule has 0 aliphatic carbocycles. The van der Waals surface area contributed by atoms with Crippen LogP contribution in [-0.4, -0.2) is 31.3 Å². The largest absolute Gasteiger partial charge is 0.379 e. The normalized spacial score (nSPS) is 12.6. The van der Waals surface area contributed by atoms with Crippen molar-refractivity contribution in [2.24, 2.45) is 5.73 Å². The molecule has 1 aromatic rings. The Kier molecular flexibility index (Phi) is 7.54. The van der Waals surface area contributed by atoms with Gasteiger partial charge in [0, 0.05) is 25.5 Å². The van der Waals surface area contributed by atoms with Gasteiger partial charge in [-0.05, 0) is 24.1 Å². The van der Waals surface area contributed by atoms with Crippen LogP contribution in [0.4, 0.5) is 0 Å². The lowest BCUT2D eigenvalue weighted by molar-refractivity contribution is 0.00692. The first-order valence-corrected chi connectivity index (χ1v) is 6.17. The molecule has 4 nitrogen and oxygen atoms in total. The number of ether oxygens (including phenoxy) is 2. The van der Waals surface area contributed by atoms with Crippen molar-refractivity contribution in [1.29, 1.82) is 0 Å². The van der Waals surface area contributed by atoms with Gasteiger partial charge in [-0.25, -0.2) is 0 Å². The first kappa shape index (κ1) is 14.1. The van der Waals surface area contributed by atoms with Crippen molar-refractivity contribution in [3.8, 4) is 0 Å². The standard InChI is InChI=1S/C13H22N2O2/c1-2-3-8-16-9-10-17-13(11-14)12-4-6-15-7-5-12/h4-7,13H,2-3,8-11,14H2,1H3. The van der Waals surface area contributed by atoms with Crippen molar-refractivity contribution >= 4 is 0 Å². The third-order valence-electron chi connectivity index (χ3n) is 2.48. The summed E-state index contributed by atoms with van der Waals surface area (Å²) >= 11 is 0. The molecule has 1 atom stereocenters. The summed E-state index contributed by atoms with van der Waals surface area (Å²) < 4.78 is 11.1. The highest BCUT2D eigenvalue weighted by Gasteiger charge is 2.08. The lowest BCUT2D eigenvalue weighted by Gasteiger charge is -2.16. The second-order valence-electron chi connectivity index (χ2n) is 3.84. The minimum Gasteiger partial charge on any atom is -0.379 e. The molecule has 0 spiro atoms. The van der Waals surface area contributed by atoms with Crippen LogP contribution in [0, 0.1) is 0 Å². The number of pyridine rings is 1. The summed E-state index contributed by atoms with van der Waals surface area (Å²) in [4.78, 5) is 3.97. The summed E-state index contributed by atoms with van der Waals surface area (Å²) in [6, 6.07) is 3.85. The molecule has 1 heterocycles. The van der Waals surface area contributed by atoms with Crippen molar-refractivity contribution < 1.29 is 9.47 Å². The second-order valence-corrected chi connectivity index (χ2v) is 3.84. The molecule has 0 bridgehead atoms. The SMILES string of the molecule is CCCCOCCOC(CN)c1ccncc1. The molecular formula is C13H22N2O2. The first-order valence-electron chi connectivity index (χ1n) is 6.17. The predicted molar refractivity (Wildman–Crippen MR) is 67.7 cm³/mol. The van der Waals surface area contributed by atoms with Gasteiger partial charge >= 0.3 is 0 Å². The molecule has 2 N–H and O–H groups in total. The summed E-state index contributed by atoms with van der Waals surface area (Å²) in [5.74, 6) is 0. The number of hydrogen-bond acceptors (Lipinski definition) is 4. The van der Waals surface area contributed by atoms with E-state index in [0.717, 1.165) is 25.0 Å². The zero-order valence-electron chi connectivity index (χ0n) is 10.5. The van der Waals surface area contributed by atoms with Gasteiger partial charge in [0.2, 0.25) is 0 Å². The zero-order chi connectivity index (χ0) is 12.3. The Labute approximate surface area is 103 Å². The minimum atomic E-state index is -0.0622. The second kappa shape index (κ2) is 9.10. The number of nitrogens with zero attached hydrogens (tertiary/aromatic N) is 1. The highest BCUT2D eigenvalue weighted by atomic mass is 16.5. The molecule has 4 heteroatoms. The van der Waals surface area contributed by atoms with Gasteiger partial charge in [0.15, 0.2) is 0 Å². The average Bonchev–Trinajstić information content (AvgIpc) is 2.39. The van der Waals surface area contributed by atoms with Gasteiger partial charge in [-0.2, -0.15) is 0 Å². The van der Waals surface area contributed by atoms with Crippen LogP contribution in [0.25, 0.3) is 0 Å². The lowest BCUT2D eigenvalue weighted by Crippen LogP contribution is -2.18. The topological polar surface area (TPSA) is 57.4 Å². The fraction of sp³-hybridized carbons (Fsp3) is 0.615. The summed E-state index contributed by atoms with van der Waals surface area (Å²) in [7, 11) is 0. The van der Waals surface area contributed by atoms with E-state index in [4.69, 9.17) is 15.2 Å². The summed E-state index contributed by atoms with van der Waals surface area (Å²) in [5.41, 5.74) is 6.75. The summed E-state index contributed by atoms with van der Waals surface area (Å²) in [6.45, 7) is 4.63. The molecule has 0 saturated heterocycles. The van der Waals surface area contributed by atoms with Crippen molar-refractivity contribution in [1.82, 2.24) is 4.98 Å². The van der Waals surface area contributed by atoms with E-state index in [-0.39, 0.29) is 6.10 Å². The molecule has 96 valence electrons. The molecule has 0 fully saturated rings. The number of aromatic nitrogens is 1. The van der Waals surface area contributed by atoms with Crippen LogP contribution in [0.15, 0.2) is 24.5 Å². The molecule has 0 saturated carbocycles. The molecule has 1 rings (SSSR count). The van der Waals surface area contributed by atoms with Crippen LogP contribution in [0.3, 0.4) is 0 Å². The van der Waals surface area contributed by atoms with Gasteiger partial charge in [-0.1, -0.05) is 13.3 Å². The monoisotopic (exact) mass is 238 g/mol. The molecule has 0 amide bonds. The average molecular weight is 238 g/mol. The summed E-state index contributed by atoms with van der Waals surface area (Å²) in [5, 5.41) is 0. The van der Waals surface area contributed by atoms with Crippen LogP contribution >= 0.6 is 0 Å². The van der Waals surface area contributed by atoms with Gasteiger partial charge in [0.25, 0.3) is 0 Å². The molecule has 0 aromatic carbocycles. The maximum absolute atomic E-state index is 5.68. The van der Waals surface area contributed by atoms with Crippen molar-refractivity contribution in [3.63, 3.8) is 0 Å². The van der Waals surface area contributed by atoms with Crippen molar-refractivity contribution in [2.75, 3.05) is 26.4 Å². The van der Waals surface area contributed by atoms with Crippen LogP contribution < -0.4 is 5.73 Å². The van der Waals surface area contributed by atoms with E-state index in [2.05, 4.69) is 11.9 Å². The molecule has 0 aliphatic rings. The molecular weight excluding hydrogens is 216 g/mol. The zero-order valence-corrected chi connectivity index (χ0v) is 10.5. The lowest BCUT2D eigenvalue weighted by atomic mass is 10.1. The number of unbranched alkanes of at least 4 members (excludes halogenated alkanes) is 1. The van der Waals surface area contributed by atoms with Gasteiger partial charge in [0.05, 0.1) is 19.3 Å². The fourth-order valence-corrected chi connectivity index (χ4v) is 1.48. The Morgan fingerprint density at radius 2 is 2.00 bits per heavy atom. The molecule has 0 radical (unpaired) electrons. The van der Waals surface area contributed by atoms with Gasteiger partial charge < -0.3 is 15.2 Å². The Morgan fingerprint density at radius 1 is 1.24 bits per heavy atom. The maximum Gasteiger partial charge on any atom is 0.0949 e. The Balaban J connectivity index is 2.20. The van der Waals surface area contributed by atoms with Gasteiger partial charge in [-0.3, -0.25) is 4.98 Å². The predicted octanol–water partition coefficient (Wildman–Crippen LogP) is 1.91. The van der Waals surface area contributed by atoms with E-state index in [9.17, 15) is 0 Å². The molecule has 1 unspecified atom stereocenters. The van der Waals surface area contributed by atoms with Gasteiger partial charge in [0.1, 0.15) is 0 Å². The smallest absolute Gasteiger partial charge is 0.0949 e. The first-order chi connectivity index (χ1) is 8.38. The van der Waals surface area contributed by atoms with E-state index in [0.29, 0.717) is 19.8 Å². The Bertz CT molecular complexity index is 280. The van der Waals surface area contributed by atoms with Crippen LogP contribution in [0.5, 0.6) is 0 Å². The molecule has 1 aromatic heterocycles. The molecule has 17 heavy (non-hydrogen) atoms. The van der Waals surface area contributed by atoms with E-state index in [1.54, 1.807) is 12.4 Å². The third-order valence-corrected chi connectivity index (χ3v) is 2.48. The van der Waals surface area contributed by atoms with Crippen molar-refractivity contribution in [2.45, 2.75) is 25.9 Å². The number of rotatable bonds is 9. The van der Waals surface area contributed by atoms with E-state index in [1.165, 1.54) is 0 Å². The van der Waals surface area contributed by atoms with E-state index >= 15 is 0 Å². The number of nitrogens with two attached hydrogens (primary N) is 1. The maximum atomic E-state index is 5.68. The van der Waals surface area contributed by atoms with Crippen molar-refractivity contribution in [3.05, 3.63) is 30.1 Å². The third kappa shape index (κ3) is 5.77. The van der Waals surface area contributed by atoms with E-state index < -0.39 is 0 Å². The highest BCUT2D eigenvalue weighted by Crippen LogP contribution is 2.14. The number of hydrogen-bond donors (Lipinski definition) is 1. The summed E-state index contributed by atoms with van der Waals surface area (Å²) in [6.07, 6.45) is 5.69. The minimum absolute atomic E-state index is 0.0622. The van der Waals surface area contributed by atoms with Gasteiger partial charge in [-0.15, -0.1) is 0 Å². The highest BCUT2D eigenvalue weighted by molar-refractivity contribution is 5.13.